The molecule has 6 nitrogen and oxygen atoms in total. The average Bonchev–Trinajstić information content (AvgIpc) is 2.67. The summed E-state index contributed by atoms with van der Waals surface area (Å²) >= 11 is 0. The Morgan fingerprint density at radius 2 is 2.08 bits per heavy atom. The number of piperazine rings is 1. The molecule has 2 aliphatic heterocycles. The zero-order chi connectivity index (χ0) is 16.8. The number of nitrogens with zero attached hydrogens (tertiary/aromatic N) is 4. The first-order valence-electron chi connectivity index (χ1n) is 9.19. The number of rotatable bonds is 4. The molecule has 1 aromatic rings. The highest BCUT2D eigenvalue weighted by molar-refractivity contribution is 5.74. The first-order chi connectivity index (χ1) is 11.8. The van der Waals surface area contributed by atoms with Crippen LogP contribution in [0.3, 0.4) is 0 Å². The largest absolute Gasteiger partial charge is 0.367 e. The van der Waals surface area contributed by atoms with Crippen LogP contribution in [0.4, 0.5) is 10.5 Å². The SMILES string of the molecule is CCN1CCCCC1CNC(=O)N1CCN(c2cccnc2)CC1. The van der Waals surface area contributed by atoms with Gasteiger partial charge < -0.3 is 15.1 Å². The van der Waals surface area contributed by atoms with Crippen molar-refractivity contribution >= 4 is 11.7 Å². The minimum atomic E-state index is 0.0856. The van der Waals surface area contributed by atoms with Crippen molar-refractivity contribution in [3.8, 4) is 0 Å². The number of nitrogens with one attached hydrogen (secondary N) is 1. The number of hydrogen-bond acceptors (Lipinski definition) is 4. The average molecular weight is 331 g/mol. The standard InChI is InChI=1S/C18H29N5O/c1-2-21-9-4-3-6-17(21)15-20-18(24)23-12-10-22(11-13-23)16-7-5-8-19-14-16/h5,7-8,14,17H,2-4,6,9-13,15H2,1H3,(H,20,24). The number of pyridine rings is 1. The number of anilines is 1. The molecular formula is C18H29N5O. The maximum Gasteiger partial charge on any atom is 0.317 e. The Labute approximate surface area is 144 Å². The molecule has 1 unspecified atom stereocenters. The van der Waals surface area contributed by atoms with Crippen molar-refractivity contribution in [2.75, 3.05) is 50.7 Å². The highest BCUT2D eigenvalue weighted by atomic mass is 16.2. The van der Waals surface area contributed by atoms with E-state index < -0.39 is 0 Å². The molecular weight excluding hydrogens is 302 g/mol. The normalized spacial score (nSPS) is 22.5. The van der Waals surface area contributed by atoms with E-state index in [-0.39, 0.29) is 6.03 Å². The molecule has 1 N–H and O–H groups in total. The predicted molar refractivity (Wildman–Crippen MR) is 96.3 cm³/mol. The number of carbonyl (C=O) groups is 1. The third-order valence-electron chi connectivity index (χ3n) is 5.22. The van der Waals surface area contributed by atoms with Gasteiger partial charge >= 0.3 is 6.03 Å². The molecule has 6 heteroatoms. The van der Waals surface area contributed by atoms with Crippen LogP contribution in [-0.2, 0) is 0 Å². The first kappa shape index (κ1) is 17.0. The smallest absolute Gasteiger partial charge is 0.317 e. The number of urea groups is 1. The van der Waals surface area contributed by atoms with E-state index in [1.165, 1.54) is 25.8 Å². The van der Waals surface area contributed by atoms with Gasteiger partial charge in [-0.1, -0.05) is 13.3 Å². The number of carbonyl (C=O) groups excluding carboxylic acids is 1. The van der Waals surface area contributed by atoms with E-state index in [0.717, 1.165) is 45.0 Å². The maximum absolute atomic E-state index is 12.4. The molecule has 0 aromatic carbocycles. The van der Waals surface area contributed by atoms with Crippen molar-refractivity contribution in [3.63, 3.8) is 0 Å². The van der Waals surface area contributed by atoms with Gasteiger partial charge in [-0.2, -0.15) is 0 Å². The molecule has 0 spiro atoms. The zero-order valence-electron chi connectivity index (χ0n) is 14.7. The summed E-state index contributed by atoms with van der Waals surface area (Å²) in [4.78, 5) is 23.3. The Hall–Kier alpha value is -1.82. The van der Waals surface area contributed by atoms with Crippen LogP contribution in [0, 0.1) is 0 Å². The Kier molecular flexibility index (Phi) is 5.91. The Bertz CT molecular complexity index is 515. The van der Waals surface area contributed by atoms with Crippen LogP contribution in [0.2, 0.25) is 0 Å². The number of amides is 2. The maximum atomic E-state index is 12.4. The van der Waals surface area contributed by atoms with Crippen molar-refractivity contribution in [2.24, 2.45) is 0 Å². The van der Waals surface area contributed by atoms with Crippen molar-refractivity contribution in [3.05, 3.63) is 24.5 Å². The van der Waals surface area contributed by atoms with Crippen LogP contribution < -0.4 is 10.2 Å². The minimum Gasteiger partial charge on any atom is -0.367 e. The van der Waals surface area contributed by atoms with Crippen molar-refractivity contribution in [1.29, 1.82) is 0 Å². The van der Waals surface area contributed by atoms with Crippen LogP contribution in [0.15, 0.2) is 24.5 Å². The fraction of sp³-hybridized carbons (Fsp3) is 0.667. The summed E-state index contributed by atoms with van der Waals surface area (Å²) in [6.45, 7) is 8.48. The summed E-state index contributed by atoms with van der Waals surface area (Å²) in [6, 6.07) is 4.62. The Morgan fingerprint density at radius 3 is 2.79 bits per heavy atom. The van der Waals surface area contributed by atoms with Gasteiger partial charge in [-0.3, -0.25) is 9.88 Å². The van der Waals surface area contributed by atoms with Crippen molar-refractivity contribution in [1.82, 2.24) is 20.1 Å². The van der Waals surface area contributed by atoms with E-state index in [2.05, 4.69) is 33.1 Å². The molecule has 2 saturated heterocycles. The summed E-state index contributed by atoms with van der Waals surface area (Å²) in [5.74, 6) is 0. The summed E-state index contributed by atoms with van der Waals surface area (Å²) < 4.78 is 0. The molecule has 1 aromatic heterocycles. The topological polar surface area (TPSA) is 51.7 Å². The first-order valence-corrected chi connectivity index (χ1v) is 9.19. The molecule has 2 aliphatic rings. The summed E-state index contributed by atoms with van der Waals surface area (Å²) in [5, 5.41) is 3.16. The van der Waals surface area contributed by atoms with E-state index in [1.54, 1.807) is 6.20 Å². The van der Waals surface area contributed by atoms with Crippen LogP contribution in [0.5, 0.6) is 0 Å². The van der Waals surface area contributed by atoms with E-state index in [9.17, 15) is 4.79 Å². The van der Waals surface area contributed by atoms with E-state index >= 15 is 0 Å². The van der Waals surface area contributed by atoms with Gasteiger partial charge in [0.25, 0.3) is 0 Å². The molecule has 132 valence electrons. The lowest BCUT2D eigenvalue weighted by Crippen LogP contribution is -2.54. The molecule has 2 amide bonds. The third kappa shape index (κ3) is 4.17. The highest BCUT2D eigenvalue weighted by Gasteiger charge is 2.24. The zero-order valence-corrected chi connectivity index (χ0v) is 14.7. The molecule has 0 saturated carbocycles. The van der Waals surface area contributed by atoms with Gasteiger partial charge in [0, 0.05) is 45.0 Å². The van der Waals surface area contributed by atoms with Gasteiger partial charge in [-0.25, -0.2) is 4.79 Å². The second-order valence-corrected chi connectivity index (χ2v) is 6.65. The van der Waals surface area contributed by atoms with Gasteiger partial charge in [0.15, 0.2) is 0 Å². The van der Waals surface area contributed by atoms with Gasteiger partial charge in [-0.15, -0.1) is 0 Å². The van der Waals surface area contributed by atoms with Crippen molar-refractivity contribution in [2.45, 2.75) is 32.2 Å². The molecule has 0 bridgehead atoms. The fourth-order valence-electron chi connectivity index (χ4n) is 3.73. The Morgan fingerprint density at radius 1 is 1.25 bits per heavy atom. The van der Waals surface area contributed by atoms with Gasteiger partial charge in [0.2, 0.25) is 0 Å². The van der Waals surface area contributed by atoms with Crippen LogP contribution >= 0.6 is 0 Å². The molecule has 3 rings (SSSR count). The number of hydrogen-bond donors (Lipinski definition) is 1. The van der Waals surface area contributed by atoms with Gasteiger partial charge in [0.05, 0.1) is 11.9 Å². The lowest BCUT2D eigenvalue weighted by atomic mass is 10.0. The number of likely N-dealkylation sites (N-methyl/N-ethyl adjacent to an activating group) is 1. The summed E-state index contributed by atoms with van der Waals surface area (Å²) in [6.07, 6.45) is 7.44. The third-order valence-corrected chi connectivity index (χ3v) is 5.22. The lowest BCUT2D eigenvalue weighted by Gasteiger charge is -2.37. The molecule has 0 aliphatic carbocycles. The molecule has 2 fully saturated rings. The number of likely N-dealkylation sites (tertiary alicyclic amines) is 1. The highest BCUT2D eigenvalue weighted by Crippen LogP contribution is 2.16. The fourth-order valence-corrected chi connectivity index (χ4v) is 3.73. The number of aromatic nitrogens is 1. The number of piperidine rings is 1. The molecule has 3 heterocycles. The van der Waals surface area contributed by atoms with Crippen LogP contribution in [0.1, 0.15) is 26.2 Å². The lowest BCUT2D eigenvalue weighted by molar-refractivity contribution is 0.147. The van der Waals surface area contributed by atoms with E-state index in [1.807, 2.05) is 17.2 Å². The molecule has 1 atom stereocenters. The van der Waals surface area contributed by atoms with Gasteiger partial charge in [0.1, 0.15) is 0 Å². The monoisotopic (exact) mass is 331 g/mol. The molecule has 0 radical (unpaired) electrons. The minimum absolute atomic E-state index is 0.0856. The second kappa shape index (κ2) is 8.33. The quantitative estimate of drug-likeness (QED) is 0.914. The van der Waals surface area contributed by atoms with E-state index in [4.69, 9.17) is 0 Å². The van der Waals surface area contributed by atoms with Crippen LogP contribution in [0.25, 0.3) is 0 Å². The summed E-state index contributed by atoms with van der Waals surface area (Å²) in [5.41, 5.74) is 1.14. The second-order valence-electron chi connectivity index (χ2n) is 6.65. The van der Waals surface area contributed by atoms with Crippen molar-refractivity contribution < 1.29 is 4.79 Å². The summed E-state index contributed by atoms with van der Waals surface area (Å²) in [7, 11) is 0. The predicted octanol–water partition coefficient (Wildman–Crippen LogP) is 1.79. The van der Waals surface area contributed by atoms with Gasteiger partial charge in [-0.05, 0) is 38.1 Å². The molecule has 24 heavy (non-hydrogen) atoms. The Balaban J connectivity index is 1.43. The van der Waals surface area contributed by atoms with Crippen LogP contribution in [-0.4, -0.2) is 72.7 Å². The van der Waals surface area contributed by atoms with E-state index in [0.29, 0.717) is 6.04 Å².